The van der Waals surface area contributed by atoms with Gasteiger partial charge >= 0.3 is 0 Å². The van der Waals surface area contributed by atoms with Gasteiger partial charge in [0.25, 0.3) is 5.91 Å². The molecule has 0 aliphatic heterocycles. The summed E-state index contributed by atoms with van der Waals surface area (Å²) >= 11 is 5.98. The number of amides is 1. The number of nitrogen functional groups attached to an aromatic ring is 1. The van der Waals surface area contributed by atoms with Crippen LogP contribution in [-0.2, 0) is 0 Å². The van der Waals surface area contributed by atoms with Crippen LogP contribution in [0.4, 0.5) is 11.5 Å². The van der Waals surface area contributed by atoms with E-state index in [9.17, 15) is 4.79 Å². The summed E-state index contributed by atoms with van der Waals surface area (Å²) in [4.78, 5) is 22.0. The van der Waals surface area contributed by atoms with Crippen LogP contribution in [0.2, 0.25) is 5.02 Å². The van der Waals surface area contributed by atoms with Crippen molar-refractivity contribution in [1.29, 1.82) is 0 Å². The lowest BCUT2D eigenvalue weighted by molar-refractivity contribution is 0.0988. The van der Waals surface area contributed by atoms with E-state index in [1.54, 1.807) is 29.4 Å². The number of hydrogen-bond donors (Lipinski definition) is 2. The first kappa shape index (κ1) is 14.2. The number of nitrogens with zero attached hydrogens (tertiary/aromatic N) is 3. The minimum atomic E-state index is -0.184. The molecular weight excluding hydrogens is 278 g/mol. The molecule has 7 heteroatoms. The first-order valence-corrected chi connectivity index (χ1v) is 6.39. The summed E-state index contributed by atoms with van der Waals surface area (Å²) in [5.74, 6) is 5.40. The van der Waals surface area contributed by atoms with E-state index in [0.717, 1.165) is 5.69 Å². The Bertz CT molecular complexity index is 605. The molecule has 104 valence electrons. The first-order chi connectivity index (χ1) is 9.67. The molecule has 0 atom stereocenters. The van der Waals surface area contributed by atoms with Crippen molar-refractivity contribution in [2.24, 2.45) is 5.84 Å². The second kappa shape index (κ2) is 6.31. The van der Waals surface area contributed by atoms with Gasteiger partial charge in [0, 0.05) is 30.8 Å². The van der Waals surface area contributed by atoms with E-state index < -0.39 is 0 Å². The van der Waals surface area contributed by atoms with Gasteiger partial charge in [-0.2, -0.15) is 0 Å². The van der Waals surface area contributed by atoms with Crippen molar-refractivity contribution in [2.45, 2.75) is 6.92 Å². The van der Waals surface area contributed by atoms with Crippen LogP contribution in [0, 0.1) is 0 Å². The highest BCUT2D eigenvalue weighted by Gasteiger charge is 2.17. The van der Waals surface area contributed by atoms with Crippen LogP contribution in [-0.4, -0.2) is 22.4 Å². The van der Waals surface area contributed by atoms with E-state index in [-0.39, 0.29) is 5.91 Å². The van der Waals surface area contributed by atoms with E-state index in [0.29, 0.717) is 22.9 Å². The fourth-order valence-corrected chi connectivity index (χ4v) is 2.01. The molecule has 0 spiro atoms. The first-order valence-electron chi connectivity index (χ1n) is 6.01. The van der Waals surface area contributed by atoms with E-state index in [2.05, 4.69) is 15.4 Å². The second-order valence-electron chi connectivity index (χ2n) is 3.95. The summed E-state index contributed by atoms with van der Waals surface area (Å²) in [7, 11) is 0. The lowest BCUT2D eigenvalue weighted by atomic mass is 10.2. The minimum Gasteiger partial charge on any atom is -0.308 e. The van der Waals surface area contributed by atoms with Crippen LogP contribution < -0.4 is 16.2 Å². The summed E-state index contributed by atoms with van der Waals surface area (Å²) in [5.41, 5.74) is 3.52. The molecule has 0 aliphatic rings. The number of halogens is 1. The molecule has 6 nitrogen and oxygen atoms in total. The van der Waals surface area contributed by atoms with Gasteiger partial charge in [-0.05, 0) is 25.1 Å². The van der Waals surface area contributed by atoms with E-state index in [4.69, 9.17) is 17.4 Å². The number of hydrazine groups is 1. The topological polar surface area (TPSA) is 84.1 Å². The van der Waals surface area contributed by atoms with Gasteiger partial charge in [-0.15, -0.1) is 0 Å². The zero-order chi connectivity index (χ0) is 14.5. The number of nitrogens with one attached hydrogen (secondary N) is 1. The SMILES string of the molecule is CCN(C(=O)c1cnc(NN)c(Cl)c1)c1ccncc1. The smallest absolute Gasteiger partial charge is 0.259 e. The van der Waals surface area contributed by atoms with E-state index >= 15 is 0 Å². The number of carbonyl (C=O) groups is 1. The van der Waals surface area contributed by atoms with Crippen LogP contribution in [0.25, 0.3) is 0 Å². The number of pyridine rings is 2. The molecule has 0 saturated heterocycles. The molecule has 2 rings (SSSR count). The van der Waals surface area contributed by atoms with Gasteiger partial charge in [0.1, 0.15) is 0 Å². The fourth-order valence-electron chi connectivity index (χ4n) is 1.78. The van der Waals surface area contributed by atoms with Gasteiger partial charge in [0.2, 0.25) is 0 Å². The number of nitrogens with two attached hydrogens (primary N) is 1. The van der Waals surface area contributed by atoms with E-state index in [1.807, 2.05) is 6.92 Å². The lowest BCUT2D eigenvalue weighted by Crippen LogP contribution is -2.30. The summed E-state index contributed by atoms with van der Waals surface area (Å²) in [6.07, 6.45) is 4.71. The average molecular weight is 292 g/mol. The Kier molecular flexibility index (Phi) is 4.49. The monoisotopic (exact) mass is 291 g/mol. The Hall–Kier alpha value is -2.18. The number of anilines is 2. The molecular formula is C13H14ClN5O. The van der Waals surface area contributed by atoms with Crippen molar-refractivity contribution < 1.29 is 4.79 Å². The Morgan fingerprint density at radius 2 is 2.15 bits per heavy atom. The number of rotatable bonds is 4. The molecule has 0 radical (unpaired) electrons. The maximum absolute atomic E-state index is 12.5. The quantitative estimate of drug-likeness (QED) is 0.665. The highest BCUT2D eigenvalue weighted by Crippen LogP contribution is 2.21. The van der Waals surface area contributed by atoms with Gasteiger partial charge in [0.15, 0.2) is 5.82 Å². The van der Waals surface area contributed by atoms with Crippen molar-refractivity contribution in [3.63, 3.8) is 0 Å². The summed E-state index contributed by atoms with van der Waals surface area (Å²) in [6, 6.07) is 5.08. The Morgan fingerprint density at radius 3 is 2.70 bits per heavy atom. The molecule has 1 amide bonds. The molecule has 2 aromatic rings. The molecule has 3 N–H and O–H groups in total. The molecule has 20 heavy (non-hydrogen) atoms. The molecule has 0 saturated carbocycles. The van der Waals surface area contributed by atoms with Crippen molar-refractivity contribution in [1.82, 2.24) is 9.97 Å². The predicted octanol–water partition coefficient (Wildman–Crippen LogP) is 2.08. The van der Waals surface area contributed by atoms with Crippen LogP contribution in [0.1, 0.15) is 17.3 Å². The third-order valence-corrected chi connectivity index (χ3v) is 3.05. The third-order valence-electron chi connectivity index (χ3n) is 2.76. The van der Waals surface area contributed by atoms with Crippen LogP contribution in [0.3, 0.4) is 0 Å². The number of hydrogen-bond acceptors (Lipinski definition) is 5. The minimum absolute atomic E-state index is 0.184. The largest absolute Gasteiger partial charge is 0.308 e. The molecule has 0 fully saturated rings. The molecule has 0 unspecified atom stereocenters. The lowest BCUT2D eigenvalue weighted by Gasteiger charge is -2.21. The van der Waals surface area contributed by atoms with Crippen molar-refractivity contribution in [3.05, 3.63) is 47.4 Å². The van der Waals surface area contributed by atoms with Crippen LogP contribution in [0.15, 0.2) is 36.8 Å². The van der Waals surface area contributed by atoms with Gasteiger partial charge in [-0.1, -0.05) is 11.6 Å². The number of aromatic nitrogens is 2. The van der Waals surface area contributed by atoms with Crippen LogP contribution >= 0.6 is 11.6 Å². The zero-order valence-corrected chi connectivity index (χ0v) is 11.6. The maximum Gasteiger partial charge on any atom is 0.259 e. The van der Waals surface area contributed by atoms with Crippen molar-refractivity contribution in [2.75, 3.05) is 16.9 Å². The number of carbonyl (C=O) groups excluding carboxylic acids is 1. The molecule has 2 heterocycles. The van der Waals surface area contributed by atoms with Gasteiger partial charge in [0.05, 0.1) is 10.6 Å². The standard InChI is InChI=1S/C13H14ClN5O/c1-2-19(10-3-5-16-6-4-10)13(20)9-7-11(14)12(18-15)17-8-9/h3-8H,2,15H2,1H3,(H,17,18). The van der Waals surface area contributed by atoms with Crippen molar-refractivity contribution in [3.8, 4) is 0 Å². The average Bonchev–Trinajstić information content (AvgIpc) is 2.49. The summed E-state index contributed by atoms with van der Waals surface area (Å²) < 4.78 is 0. The zero-order valence-electron chi connectivity index (χ0n) is 10.9. The summed E-state index contributed by atoms with van der Waals surface area (Å²) in [6.45, 7) is 2.42. The third kappa shape index (κ3) is 2.87. The summed E-state index contributed by atoms with van der Waals surface area (Å²) in [5, 5.41) is 0.295. The van der Waals surface area contributed by atoms with Crippen LogP contribution in [0.5, 0.6) is 0 Å². The Morgan fingerprint density at radius 1 is 1.45 bits per heavy atom. The second-order valence-corrected chi connectivity index (χ2v) is 4.36. The normalized spacial score (nSPS) is 10.2. The highest BCUT2D eigenvalue weighted by molar-refractivity contribution is 6.33. The van der Waals surface area contributed by atoms with Gasteiger partial charge in [-0.25, -0.2) is 10.8 Å². The molecule has 2 aromatic heterocycles. The van der Waals surface area contributed by atoms with Crippen molar-refractivity contribution >= 4 is 29.0 Å². The van der Waals surface area contributed by atoms with Gasteiger partial charge < -0.3 is 10.3 Å². The fraction of sp³-hybridized carbons (Fsp3) is 0.154. The maximum atomic E-state index is 12.5. The Balaban J connectivity index is 2.32. The predicted molar refractivity (Wildman–Crippen MR) is 78.6 cm³/mol. The highest BCUT2D eigenvalue weighted by atomic mass is 35.5. The molecule has 0 bridgehead atoms. The van der Waals surface area contributed by atoms with E-state index in [1.165, 1.54) is 12.3 Å². The molecule has 0 aliphatic carbocycles. The molecule has 0 aromatic carbocycles. The van der Waals surface area contributed by atoms with Gasteiger partial charge in [-0.3, -0.25) is 9.78 Å². The Labute approximate surface area is 121 Å².